The van der Waals surface area contributed by atoms with Crippen LogP contribution in [-0.2, 0) is 13.6 Å². The van der Waals surface area contributed by atoms with Gasteiger partial charge in [-0.2, -0.15) is 5.10 Å². The van der Waals surface area contributed by atoms with Crippen molar-refractivity contribution in [1.82, 2.24) is 19.7 Å². The molecule has 4 rings (SSSR count). The molecule has 1 aromatic carbocycles. The minimum Gasteiger partial charge on any atom is -0.496 e. The molecule has 0 atom stereocenters. The third-order valence-corrected chi connectivity index (χ3v) is 5.64. The van der Waals surface area contributed by atoms with Crippen LogP contribution in [0.15, 0.2) is 42.7 Å². The smallest absolute Gasteiger partial charge is 0.136 e. The molecule has 29 heavy (non-hydrogen) atoms. The number of anilines is 1. The van der Waals surface area contributed by atoms with E-state index < -0.39 is 0 Å². The summed E-state index contributed by atoms with van der Waals surface area (Å²) in [5.74, 6) is 1.23. The Bertz CT molecular complexity index is 995. The SMILES string of the molecule is COc1ccc(F)cc1-c1cccnc1N1CCN(Cc2cnn(C)c2C)CC1. The van der Waals surface area contributed by atoms with Crippen molar-refractivity contribution >= 4 is 5.82 Å². The maximum absolute atomic E-state index is 13.9. The molecule has 0 amide bonds. The maximum Gasteiger partial charge on any atom is 0.136 e. The van der Waals surface area contributed by atoms with Gasteiger partial charge in [0, 0.05) is 68.4 Å². The lowest BCUT2D eigenvalue weighted by Crippen LogP contribution is -2.46. The summed E-state index contributed by atoms with van der Waals surface area (Å²) in [5, 5.41) is 4.34. The summed E-state index contributed by atoms with van der Waals surface area (Å²) in [6.07, 6.45) is 3.74. The molecule has 0 N–H and O–H groups in total. The first kappa shape index (κ1) is 19.4. The molecule has 6 nitrogen and oxygen atoms in total. The van der Waals surface area contributed by atoms with Crippen LogP contribution >= 0.6 is 0 Å². The zero-order chi connectivity index (χ0) is 20.4. The number of rotatable bonds is 5. The van der Waals surface area contributed by atoms with Gasteiger partial charge in [-0.15, -0.1) is 0 Å². The van der Waals surface area contributed by atoms with Gasteiger partial charge in [-0.1, -0.05) is 0 Å². The summed E-state index contributed by atoms with van der Waals surface area (Å²) in [7, 11) is 3.58. The average molecular weight is 395 g/mol. The van der Waals surface area contributed by atoms with Gasteiger partial charge >= 0.3 is 0 Å². The number of hydrogen-bond donors (Lipinski definition) is 0. The zero-order valence-corrected chi connectivity index (χ0v) is 17.1. The van der Waals surface area contributed by atoms with Crippen molar-refractivity contribution < 1.29 is 9.13 Å². The highest BCUT2D eigenvalue weighted by molar-refractivity contribution is 5.80. The summed E-state index contributed by atoms with van der Waals surface area (Å²) in [6, 6.07) is 8.45. The van der Waals surface area contributed by atoms with E-state index in [1.54, 1.807) is 19.4 Å². The highest BCUT2D eigenvalue weighted by Crippen LogP contribution is 2.36. The highest BCUT2D eigenvalue weighted by Gasteiger charge is 2.22. The zero-order valence-electron chi connectivity index (χ0n) is 17.1. The van der Waals surface area contributed by atoms with E-state index in [0.29, 0.717) is 5.75 Å². The third kappa shape index (κ3) is 3.96. The normalized spacial score (nSPS) is 15.0. The van der Waals surface area contributed by atoms with Gasteiger partial charge in [0.15, 0.2) is 0 Å². The van der Waals surface area contributed by atoms with E-state index in [4.69, 9.17) is 4.74 Å². The van der Waals surface area contributed by atoms with Crippen LogP contribution in [0.5, 0.6) is 5.75 Å². The summed E-state index contributed by atoms with van der Waals surface area (Å²) in [5.41, 5.74) is 4.09. The van der Waals surface area contributed by atoms with Gasteiger partial charge in [0.1, 0.15) is 17.4 Å². The lowest BCUT2D eigenvalue weighted by molar-refractivity contribution is 0.249. The first-order chi connectivity index (χ1) is 14.1. The first-order valence-electron chi connectivity index (χ1n) is 9.80. The summed E-state index contributed by atoms with van der Waals surface area (Å²) >= 11 is 0. The minimum atomic E-state index is -0.285. The minimum absolute atomic E-state index is 0.285. The van der Waals surface area contributed by atoms with Crippen LogP contribution in [0.4, 0.5) is 10.2 Å². The summed E-state index contributed by atoms with van der Waals surface area (Å²) in [6.45, 7) is 6.60. The second kappa shape index (κ2) is 8.21. The fourth-order valence-electron chi connectivity index (χ4n) is 3.81. The van der Waals surface area contributed by atoms with Crippen molar-refractivity contribution in [2.75, 3.05) is 38.2 Å². The molecule has 1 aliphatic heterocycles. The monoisotopic (exact) mass is 395 g/mol. The number of nitrogens with zero attached hydrogens (tertiary/aromatic N) is 5. The maximum atomic E-state index is 13.9. The number of aromatic nitrogens is 3. The van der Waals surface area contributed by atoms with Gasteiger partial charge < -0.3 is 9.64 Å². The predicted octanol–water partition coefficient (Wildman–Crippen LogP) is 3.26. The van der Waals surface area contributed by atoms with Crippen LogP contribution in [0.25, 0.3) is 11.1 Å². The van der Waals surface area contributed by atoms with E-state index in [-0.39, 0.29) is 5.82 Å². The molecule has 0 aliphatic carbocycles. The van der Waals surface area contributed by atoms with Gasteiger partial charge in [0.25, 0.3) is 0 Å². The Balaban J connectivity index is 1.53. The van der Waals surface area contributed by atoms with Crippen molar-refractivity contribution in [1.29, 1.82) is 0 Å². The molecule has 1 saturated heterocycles. The van der Waals surface area contributed by atoms with E-state index in [1.165, 1.54) is 23.4 Å². The van der Waals surface area contributed by atoms with Crippen molar-refractivity contribution in [2.24, 2.45) is 7.05 Å². The van der Waals surface area contributed by atoms with Gasteiger partial charge in [-0.05, 0) is 37.3 Å². The molecular weight excluding hydrogens is 369 g/mol. The Hall–Kier alpha value is -2.93. The molecule has 3 aromatic rings. The third-order valence-electron chi connectivity index (χ3n) is 5.64. The molecule has 0 bridgehead atoms. The second-order valence-corrected chi connectivity index (χ2v) is 7.36. The molecule has 152 valence electrons. The Kier molecular flexibility index (Phi) is 5.49. The van der Waals surface area contributed by atoms with E-state index >= 15 is 0 Å². The number of piperazine rings is 1. The number of halogens is 1. The van der Waals surface area contributed by atoms with Crippen LogP contribution in [-0.4, -0.2) is 53.0 Å². The van der Waals surface area contributed by atoms with Crippen LogP contribution in [0.1, 0.15) is 11.3 Å². The van der Waals surface area contributed by atoms with E-state index in [9.17, 15) is 4.39 Å². The van der Waals surface area contributed by atoms with Crippen LogP contribution in [0.2, 0.25) is 0 Å². The molecule has 0 saturated carbocycles. The van der Waals surface area contributed by atoms with Crippen LogP contribution < -0.4 is 9.64 Å². The molecule has 0 unspecified atom stereocenters. The molecule has 1 aliphatic rings. The van der Waals surface area contributed by atoms with Crippen molar-refractivity contribution in [2.45, 2.75) is 13.5 Å². The lowest BCUT2D eigenvalue weighted by Gasteiger charge is -2.36. The molecular formula is C22H26FN5O. The van der Waals surface area contributed by atoms with E-state index in [1.807, 2.05) is 30.1 Å². The van der Waals surface area contributed by atoms with Crippen LogP contribution in [0.3, 0.4) is 0 Å². The quantitative estimate of drug-likeness (QED) is 0.664. The standard InChI is InChI=1S/C22H26FN5O/c1-16-17(14-25-26(16)2)15-27-9-11-28(12-10-27)22-19(5-4-8-24-22)20-13-18(23)6-7-21(20)29-3/h4-8,13-14H,9-12,15H2,1-3H3. The Labute approximate surface area is 170 Å². The van der Waals surface area contributed by atoms with Gasteiger partial charge in [-0.25, -0.2) is 9.37 Å². The Morgan fingerprint density at radius 2 is 1.90 bits per heavy atom. The topological polar surface area (TPSA) is 46.4 Å². The largest absolute Gasteiger partial charge is 0.496 e. The molecule has 1 fully saturated rings. The van der Waals surface area contributed by atoms with Gasteiger partial charge in [0.05, 0.1) is 13.3 Å². The number of pyridine rings is 1. The average Bonchev–Trinajstić information content (AvgIpc) is 3.06. The van der Waals surface area contributed by atoms with Crippen LogP contribution in [0, 0.1) is 12.7 Å². The van der Waals surface area contributed by atoms with Crippen molar-refractivity contribution in [3.8, 4) is 16.9 Å². The summed E-state index contributed by atoms with van der Waals surface area (Å²) in [4.78, 5) is 9.33. The van der Waals surface area contributed by atoms with E-state index in [2.05, 4.69) is 26.8 Å². The number of benzene rings is 1. The van der Waals surface area contributed by atoms with Crippen molar-refractivity contribution in [3.63, 3.8) is 0 Å². The molecule has 0 spiro atoms. The number of ether oxygens (including phenoxy) is 1. The van der Waals surface area contributed by atoms with E-state index in [0.717, 1.165) is 49.7 Å². The fourth-order valence-corrected chi connectivity index (χ4v) is 3.81. The van der Waals surface area contributed by atoms with Crippen molar-refractivity contribution in [3.05, 3.63) is 59.8 Å². The summed E-state index contributed by atoms with van der Waals surface area (Å²) < 4.78 is 21.3. The number of hydrogen-bond acceptors (Lipinski definition) is 5. The van der Waals surface area contributed by atoms with Gasteiger partial charge in [-0.3, -0.25) is 9.58 Å². The lowest BCUT2D eigenvalue weighted by atomic mass is 10.0. The molecule has 3 heterocycles. The molecule has 2 aromatic heterocycles. The molecule has 0 radical (unpaired) electrons. The molecule has 7 heteroatoms. The Morgan fingerprint density at radius 3 is 2.59 bits per heavy atom. The first-order valence-corrected chi connectivity index (χ1v) is 9.80. The number of aryl methyl sites for hydroxylation is 1. The predicted molar refractivity (Wildman–Crippen MR) is 112 cm³/mol. The number of methoxy groups -OCH3 is 1. The highest BCUT2D eigenvalue weighted by atomic mass is 19.1. The second-order valence-electron chi connectivity index (χ2n) is 7.36. The van der Waals surface area contributed by atoms with Gasteiger partial charge in [0.2, 0.25) is 0 Å². The fraction of sp³-hybridized carbons (Fsp3) is 0.364. The Morgan fingerprint density at radius 1 is 1.10 bits per heavy atom.